The van der Waals surface area contributed by atoms with Crippen molar-refractivity contribution in [3.8, 4) is 0 Å². The molecule has 4 heteroatoms. The van der Waals surface area contributed by atoms with Crippen molar-refractivity contribution in [2.24, 2.45) is 11.8 Å². The Balaban J connectivity index is 1.83. The van der Waals surface area contributed by atoms with Crippen LogP contribution in [0.3, 0.4) is 0 Å². The van der Waals surface area contributed by atoms with Crippen molar-refractivity contribution in [3.63, 3.8) is 0 Å². The fourth-order valence-corrected chi connectivity index (χ4v) is 2.97. The molecular formula is C16H25N3O. The zero-order valence-electron chi connectivity index (χ0n) is 12.5. The van der Waals surface area contributed by atoms with Crippen molar-refractivity contribution in [2.45, 2.75) is 39.0 Å². The average molecular weight is 275 g/mol. The van der Waals surface area contributed by atoms with Crippen molar-refractivity contribution in [1.82, 2.24) is 10.3 Å². The number of carbonyl (C=O) groups excluding carboxylic acids is 1. The first-order chi connectivity index (χ1) is 9.74. The van der Waals surface area contributed by atoms with Crippen LogP contribution in [0, 0.1) is 11.8 Å². The van der Waals surface area contributed by atoms with E-state index in [4.69, 9.17) is 0 Å². The summed E-state index contributed by atoms with van der Waals surface area (Å²) in [6.07, 6.45) is 9.75. The van der Waals surface area contributed by atoms with E-state index in [0.717, 1.165) is 18.2 Å². The number of anilines is 1. The minimum absolute atomic E-state index is 0.00522. The first-order valence-electron chi connectivity index (χ1n) is 7.64. The molecule has 0 unspecified atom stereocenters. The van der Waals surface area contributed by atoms with Gasteiger partial charge < -0.3 is 10.6 Å². The minimum Gasteiger partial charge on any atom is -0.386 e. The lowest BCUT2D eigenvalue weighted by atomic mass is 9.81. The third kappa shape index (κ3) is 3.71. The van der Waals surface area contributed by atoms with Gasteiger partial charge in [-0.05, 0) is 30.7 Å². The Morgan fingerprint density at radius 1 is 1.30 bits per heavy atom. The minimum atomic E-state index is -0.00522. The Morgan fingerprint density at radius 2 is 2.00 bits per heavy atom. The Hall–Kier alpha value is -1.58. The molecular weight excluding hydrogens is 250 g/mol. The molecule has 1 fully saturated rings. The second-order valence-corrected chi connectivity index (χ2v) is 5.68. The second-order valence-electron chi connectivity index (χ2n) is 5.68. The SMILES string of the molecule is CCC1CCC(CNC(=O)c2ccncc2NC)CC1. The molecule has 0 aliphatic heterocycles. The van der Waals surface area contributed by atoms with E-state index in [0.29, 0.717) is 11.5 Å². The van der Waals surface area contributed by atoms with Crippen LogP contribution >= 0.6 is 0 Å². The molecule has 0 aromatic carbocycles. The maximum atomic E-state index is 12.2. The summed E-state index contributed by atoms with van der Waals surface area (Å²) in [5, 5.41) is 6.07. The Bertz CT molecular complexity index is 439. The lowest BCUT2D eigenvalue weighted by Crippen LogP contribution is -2.31. The molecule has 2 rings (SSSR count). The summed E-state index contributed by atoms with van der Waals surface area (Å²) in [7, 11) is 1.81. The van der Waals surface area contributed by atoms with Crippen molar-refractivity contribution in [3.05, 3.63) is 24.0 Å². The first kappa shape index (κ1) is 14.8. The van der Waals surface area contributed by atoms with Crippen molar-refractivity contribution >= 4 is 11.6 Å². The molecule has 1 aliphatic rings. The summed E-state index contributed by atoms with van der Waals surface area (Å²) in [5.41, 5.74) is 1.45. The summed E-state index contributed by atoms with van der Waals surface area (Å²) in [4.78, 5) is 16.2. The topological polar surface area (TPSA) is 54.0 Å². The van der Waals surface area contributed by atoms with E-state index in [1.165, 1.54) is 32.1 Å². The molecule has 2 N–H and O–H groups in total. The number of hydrogen-bond donors (Lipinski definition) is 2. The van der Waals surface area contributed by atoms with Gasteiger partial charge >= 0.3 is 0 Å². The molecule has 0 radical (unpaired) electrons. The molecule has 1 aromatic rings. The maximum Gasteiger partial charge on any atom is 0.253 e. The zero-order valence-corrected chi connectivity index (χ0v) is 12.5. The second kappa shape index (κ2) is 7.27. The zero-order chi connectivity index (χ0) is 14.4. The highest BCUT2D eigenvalue weighted by molar-refractivity contribution is 5.99. The summed E-state index contributed by atoms with van der Waals surface area (Å²) in [6, 6.07) is 1.76. The monoisotopic (exact) mass is 275 g/mol. The number of pyridine rings is 1. The molecule has 4 nitrogen and oxygen atoms in total. The normalized spacial score (nSPS) is 22.3. The highest BCUT2D eigenvalue weighted by atomic mass is 16.1. The molecule has 1 aliphatic carbocycles. The molecule has 1 aromatic heterocycles. The Kier molecular flexibility index (Phi) is 5.39. The molecule has 0 atom stereocenters. The number of aromatic nitrogens is 1. The third-order valence-electron chi connectivity index (χ3n) is 4.43. The van der Waals surface area contributed by atoms with Crippen molar-refractivity contribution in [2.75, 3.05) is 18.9 Å². The van der Waals surface area contributed by atoms with Crippen LogP contribution in [0.5, 0.6) is 0 Å². The number of carbonyl (C=O) groups is 1. The van der Waals surface area contributed by atoms with Crippen LogP contribution in [-0.4, -0.2) is 24.5 Å². The van der Waals surface area contributed by atoms with Gasteiger partial charge in [0.05, 0.1) is 17.4 Å². The fraction of sp³-hybridized carbons (Fsp3) is 0.625. The van der Waals surface area contributed by atoms with Gasteiger partial charge in [0.2, 0.25) is 0 Å². The Morgan fingerprint density at radius 3 is 2.65 bits per heavy atom. The van der Waals surface area contributed by atoms with Gasteiger partial charge in [0.1, 0.15) is 0 Å². The number of rotatable bonds is 5. The van der Waals surface area contributed by atoms with Gasteiger partial charge in [-0.3, -0.25) is 9.78 Å². The highest BCUT2D eigenvalue weighted by Gasteiger charge is 2.20. The van der Waals surface area contributed by atoms with Gasteiger partial charge in [-0.2, -0.15) is 0 Å². The lowest BCUT2D eigenvalue weighted by molar-refractivity contribution is 0.0942. The smallest absolute Gasteiger partial charge is 0.253 e. The van der Waals surface area contributed by atoms with Crippen LogP contribution in [0.1, 0.15) is 49.4 Å². The maximum absolute atomic E-state index is 12.2. The number of nitrogens with one attached hydrogen (secondary N) is 2. The first-order valence-corrected chi connectivity index (χ1v) is 7.64. The van der Waals surface area contributed by atoms with E-state index in [1.54, 1.807) is 25.5 Å². The summed E-state index contributed by atoms with van der Waals surface area (Å²) >= 11 is 0. The van der Waals surface area contributed by atoms with Gasteiger partial charge in [-0.1, -0.05) is 26.2 Å². The number of hydrogen-bond acceptors (Lipinski definition) is 3. The molecule has 0 saturated heterocycles. The van der Waals surface area contributed by atoms with E-state index < -0.39 is 0 Å². The Labute approximate surface area is 121 Å². The van der Waals surface area contributed by atoms with Crippen molar-refractivity contribution in [1.29, 1.82) is 0 Å². The van der Waals surface area contributed by atoms with E-state index in [-0.39, 0.29) is 5.91 Å². The van der Waals surface area contributed by atoms with E-state index in [2.05, 4.69) is 22.5 Å². The van der Waals surface area contributed by atoms with E-state index >= 15 is 0 Å². The van der Waals surface area contributed by atoms with Crippen LogP contribution in [0.4, 0.5) is 5.69 Å². The molecule has 110 valence electrons. The van der Waals surface area contributed by atoms with Gasteiger partial charge in [-0.25, -0.2) is 0 Å². The van der Waals surface area contributed by atoms with E-state index in [9.17, 15) is 4.79 Å². The lowest BCUT2D eigenvalue weighted by Gasteiger charge is -2.27. The van der Waals surface area contributed by atoms with Crippen LogP contribution in [0.2, 0.25) is 0 Å². The van der Waals surface area contributed by atoms with Gasteiger partial charge in [0.25, 0.3) is 5.91 Å². The van der Waals surface area contributed by atoms with Crippen LogP contribution < -0.4 is 10.6 Å². The molecule has 1 saturated carbocycles. The molecule has 0 bridgehead atoms. The van der Waals surface area contributed by atoms with Crippen LogP contribution in [0.25, 0.3) is 0 Å². The standard InChI is InChI=1S/C16H25N3O/c1-3-12-4-6-13(7-5-12)10-19-16(20)14-8-9-18-11-15(14)17-2/h8-9,11-13,17H,3-7,10H2,1-2H3,(H,19,20). The molecule has 1 heterocycles. The summed E-state index contributed by atoms with van der Waals surface area (Å²) < 4.78 is 0. The molecule has 20 heavy (non-hydrogen) atoms. The predicted octanol–water partition coefficient (Wildman–Crippen LogP) is 3.07. The van der Waals surface area contributed by atoms with Crippen LogP contribution in [0.15, 0.2) is 18.5 Å². The van der Waals surface area contributed by atoms with Crippen LogP contribution in [-0.2, 0) is 0 Å². The average Bonchev–Trinajstić information content (AvgIpc) is 2.53. The predicted molar refractivity (Wildman–Crippen MR) is 81.9 cm³/mol. The quantitative estimate of drug-likeness (QED) is 0.868. The summed E-state index contributed by atoms with van der Waals surface area (Å²) in [6.45, 7) is 3.07. The largest absolute Gasteiger partial charge is 0.386 e. The third-order valence-corrected chi connectivity index (χ3v) is 4.43. The van der Waals surface area contributed by atoms with Crippen molar-refractivity contribution < 1.29 is 4.79 Å². The number of amides is 1. The van der Waals surface area contributed by atoms with Gasteiger partial charge in [0.15, 0.2) is 0 Å². The van der Waals surface area contributed by atoms with E-state index in [1.807, 2.05) is 0 Å². The van der Waals surface area contributed by atoms with Gasteiger partial charge in [0, 0.05) is 19.8 Å². The molecule has 1 amide bonds. The highest BCUT2D eigenvalue weighted by Crippen LogP contribution is 2.30. The molecule has 0 spiro atoms. The fourth-order valence-electron chi connectivity index (χ4n) is 2.97. The summed E-state index contributed by atoms with van der Waals surface area (Å²) in [5.74, 6) is 1.54. The number of nitrogens with zero attached hydrogens (tertiary/aromatic N) is 1. The van der Waals surface area contributed by atoms with Gasteiger partial charge in [-0.15, -0.1) is 0 Å².